The molecule has 5 heteroatoms. The second-order valence-corrected chi connectivity index (χ2v) is 6.28. The molecule has 5 nitrogen and oxygen atoms in total. The normalized spacial score (nSPS) is 18.3. The zero-order valence-corrected chi connectivity index (χ0v) is 12.2. The summed E-state index contributed by atoms with van der Waals surface area (Å²) in [6.07, 6.45) is 2.57. The van der Waals surface area contributed by atoms with Gasteiger partial charge in [0, 0.05) is 19.5 Å². The van der Waals surface area contributed by atoms with Gasteiger partial charge in [0.15, 0.2) is 0 Å². The molecule has 1 rings (SSSR count). The molecule has 1 aliphatic rings. The summed E-state index contributed by atoms with van der Waals surface area (Å²) in [4.78, 5) is 25.1. The minimum absolute atomic E-state index is 0.0266. The third-order valence-corrected chi connectivity index (χ3v) is 3.60. The first-order valence-electron chi connectivity index (χ1n) is 7.04. The Kier molecular flexibility index (Phi) is 5.79. The van der Waals surface area contributed by atoms with Crippen molar-refractivity contribution in [1.82, 2.24) is 10.2 Å². The Labute approximate surface area is 115 Å². The molecule has 0 saturated carbocycles. The van der Waals surface area contributed by atoms with Gasteiger partial charge in [0.05, 0.1) is 5.41 Å². The molecule has 1 unspecified atom stereocenters. The van der Waals surface area contributed by atoms with Crippen LogP contribution in [0, 0.1) is 11.3 Å². The molecule has 0 bridgehead atoms. The number of nitrogens with one attached hydrogen (secondary N) is 1. The lowest BCUT2D eigenvalue weighted by atomic mass is 9.89. The van der Waals surface area contributed by atoms with Crippen LogP contribution in [-0.2, 0) is 9.59 Å². The number of hydrogen-bond acceptors (Lipinski definition) is 3. The van der Waals surface area contributed by atoms with Crippen LogP contribution in [-0.4, -0.2) is 48.1 Å². The Hall–Kier alpha value is -1.10. The van der Waals surface area contributed by atoms with Crippen molar-refractivity contribution in [3.05, 3.63) is 0 Å². The van der Waals surface area contributed by atoms with Crippen molar-refractivity contribution >= 4 is 11.9 Å². The zero-order valence-electron chi connectivity index (χ0n) is 12.2. The summed E-state index contributed by atoms with van der Waals surface area (Å²) in [5.41, 5.74) is -0.998. The van der Waals surface area contributed by atoms with Crippen LogP contribution in [0.3, 0.4) is 0 Å². The van der Waals surface area contributed by atoms with E-state index in [1.165, 1.54) is 12.8 Å². The summed E-state index contributed by atoms with van der Waals surface area (Å²) < 4.78 is 0. The van der Waals surface area contributed by atoms with E-state index in [0.29, 0.717) is 12.5 Å². The van der Waals surface area contributed by atoms with E-state index in [4.69, 9.17) is 5.11 Å². The van der Waals surface area contributed by atoms with E-state index in [1.807, 2.05) is 0 Å². The fourth-order valence-corrected chi connectivity index (χ4v) is 2.30. The Bertz CT molecular complexity index is 323. The van der Waals surface area contributed by atoms with E-state index in [2.05, 4.69) is 17.1 Å². The number of carbonyl (C=O) groups is 2. The Morgan fingerprint density at radius 1 is 1.32 bits per heavy atom. The van der Waals surface area contributed by atoms with Crippen LogP contribution < -0.4 is 5.32 Å². The third-order valence-electron chi connectivity index (χ3n) is 3.60. The van der Waals surface area contributed by atoms with Crippen LogP contribution in [0.4, 0.5) is 0 Å². The van der Waals surface area contributed by atoms with Gasteiger partial charge in [-0.15, -0.1) is 0 Å². The van der Waals surface area contributed by atoms with E-state index < -0.39 is 11.4 Å². The van der Waals surface area contributed by atoms with Crippen LogP contribution in [0.25, 0.3) is 0 Å². The van der Waals surface area contributed by atoms with Gasteiger partial charge in [0.2, 0.25) is 5.91 Å². The Balaban J connectivity index is 2.23. The molecule has 110 valence electrons. The summed E-state index contributed by atoms with van der Waals surface area (Å²) in [6, 6.07) is 0. The number of aliphatic carboxylic acids is 1. The average Bonchev–Trinajstić information content (AvgIpc) is 2.78. The van der Waals surface area contributed by atoms with Gasteiger partial charge in [0.1, 0.15) is 0 Å². The van der Waals surface area contributed by atoms with Crippen LogP contribution in [0.2, 0.25) is 0 Å². The van der Waals surface area contributed by atoms with Crippen molar-refractivity contribution < 1.29 is 14.7 Å². The molecule has 1 saturated heterocycles. The summed E-state index contributed by atoms with van der Waals surface area (Å²) in [7, 11) is 0. The second kappa shape index (κ2) is 6.89. The molecule has 1 amide bonds. The second-order valence-electron chi connectivity index (χ2n) is 6.28. The van der Waals surface area contributed by atoms with Crippen molar-refractivity contribution in [3.63, 3.8) is 0 Å². The van der Waals surface area contributed by atoms with Crippen molar-refractivity contribution in [2.45, 2.75) is 40.0 Å². The minimum atomic E-state index is -0.998. The molecule has 0 radical (unpaired) electrons. The van der Waals surface area contributed by atoms with E-state index in [-0.39, 0.29) is 12.3 Å². The molecule has 0 aromatic heterocycles. The maximum Gasteiger partial charge on any atom is 0.309 e. The largest absolute Gasteiger partial charge is 0.481 e. The highest BCUT2D eigenvalue weighted by atomic mass is 16.4. The zero-order chi connectivity index (χ0) is 14.5. The average molecular weight is 270 g/mol. The summed E-state index contributed by atoms with van der Waals surface area (Å²) in [6.45, 7) is 9.19. The number of carboxylic acids is 1. The number of carbonyl (C=O) groups excluding carboxylic acids is 1. The minimum Gasteiger partial charge on any atom is -0.481 e. The number of nitrogens with zero attached hydrogens (tertiary/aromatic N) is 1. The summed E-state index contributed by atoms with van der Waals surface area (Å²) in [5, 5.41) is 11.8. The van der Waals surface area contributed by atoms with E-state index in [1.54, 1.807) is 13.8 Å². The molecule has 1 heterocycles. The van der Waals surface area contributed by atoms with E-state index in [9.17, 15) is 9.59 Å². The molecule has 0 aliphatic carbocycles. The first-order valence-corrected chi connectivity index (χ1v) is 7.04. The fraction of sp³-hybridized carbons (Fsp3) is 0.857. The molecular formula is C14H26N2O3. The van der Waals surface area contributed by atoms with Crippen LogP contribution in [0.15, 0.2) is 0 Å². The van der Waals surface area contributed by atoms with Gasteiger partial charge in [-0.05, 0) is 45.7 Å². The van der Waals surface area contributed by atoms with Crippen LogP contribution >= 0.6 is 0 Å². The van der Waals surface area contributed by atoms with Crippen molar-refractivity contribution in [2.75, 3.05) is 26.2 Å². The smallest absolute Gasteiger partial charge is 0.309 e. The van der Waals surface area contributed by atoms with Gasteiger partial charge < -0.3 is 15.3 Å². The lowest BCUT2D eigenvalue weighted by Crippen LogP contribution is -2.37. The lowest BCUT2D eigenvalue weighted by molar-refractivity contribution is -0.149. The fourth-order valence-electron chi connectivity index (χ4n) is 2.30. The summed E-state index contributed by atoms with van der Waals surface area (Å²) in [5.74, 6) is -0.719. The summed E-state index contributed by atoms with van der Waals surface area (Å²) >= 11 is 0. The van der Waals surface area contributed by atoms with Gasteiger partial charge >= 0.3 is 5.97 Å². The van der Waals surface area contributed by atoms with Gasteiger partial charge in [-0.25, -0.2) is 0 Å². The molecule has 0 aromatic carbocycles. The topological polar surface area (TPSA) is 69.6 Å². The third kappa shape index (κ3) is 5.59. The molecule has 0 spiro atoms. The number of hydrogen-bond donors (Lipinski definition) is 2. The highest BCUT2D eigenvalue weighted by molar-refractivity contribution is 5.84. The maximum atomic E-state index is 11.7. The maximum absolute atomic E-state index is 11.7. The molecule has 19 heavy (non-hydrogen) atoms. The van der Waals surface area contributed by atoms with Crippen LogP contribution in [0.1, 0.15) is 40.0 Å². The van der Waals surface area contributed by atoms with Crippen molar-refractivity contribution in [2.24, 2.45) is 11.3 Å². The standard InChI is InChI=1S/C14H26N2O3/c1-11(10-16-6-4-5-7-16)9-15-12(17)8-14(2,3)13(18)19/h11H,4-10H2,1-3H3,(H,15,17)(H,18,19). The lowest BCUT2D eigenvalue weighted by Gasteiger charge is -2.22. The Morgan fingerprint density at radius 2 is 1.89 bits per heavy atom. The molecule has 1 atom stereocenters. The highest BCUT2D eigenvalue weighted by Crippen LogP contribution is 2.20. The molecular weight excluding hydrogens is 244 g/mol. The molecule has 2 N–H and O–H groups in total. The molecule has 1 fully saturated rings. The van der Waals surface area contributed by atoms with Crippen molar-refractivity contribution in [1.29, 1.82) is 0 Å². The number of carboxylic acid groups (broad SMARTS) is 1. The quantitative estimate of drug-likeness (QED) is 0.732. The van der Waals surface area contributed by atoms with Crippen molar-refractivity contribution in [3.8, 4) is 0 Å². The monoisotopic (exact) mass is 270 g/mol. The SMILES string of the molecule is CC(CNC(=O)CC(C)(C)C(=O)O)CN1CCCC1. The first-order chi connectivity index (χ1) is 8.81. The van der Waals surface area contributed by atoms with E-state index >= 15 is 0 Å². The first kappa shape index (κ1) is 16.0. The molecule has 1 aliphatic heterocycles. The number of rotatable bonds is 7. The van der Waals surface area contributed by atoms with E-state index in [0.717, 1.165) is 19.6 Å². The van der Waals surface area contributed by atoms with Gasteiger partial charge in [0.25, 0.3) is 0 Å². The predicted octanol–water partition coefficient (Wildman–Crippen LogP) is 1.34. The number of likely N-dealkylation sites (tertiary alicyclic amines) is 1. The van der Waals surface area contributed by atoms with Gasteiger partial charge in [-0.1, -0.05) is 6.92 Å². The van der Waals surface area contributed by atoms with Gasteiger partial charge in [-0.3, -0.25) is 9.59 Å². The Morgan fingerprint density at radius 3 is 2.42 bits per heavy atom. The molecule has 0 aromatic rings. The number of amides is 1. The van der Waals surface area contributed by atoms with Gasteiger partial charge in [-0.2, -0.15) is 0 Å². The highest BCUT2D eigenvalue weighted by Gasteiger charge is 2.30. The van der Waals surface area contributed by atoms with Crippen LogP contribution in [0.5, 0.6) is 0 Å². The predicted molar refractivity (Wildman–Crippen MR) is 73.9 cm³/mol.